The highest BCUT2D eigenvalue weighted by Gasteiger charge is 2.23. The van der Waals surface area contributed by atoms with Crippen LogP contribution in [0.1, 0.15) is 46.8 Å². The van der Waals surface area contributed by atoms with E-state index in [9.17, 15) is 13.2 Å². The summed E-state index contributed by atoms with van der Waals surface area (Å²) in [7, 11) is -2.38. The van der Waals surface area contributed by atoms with Gasteiger partial charge >= 0.3 is 0 Å². The minimum atomic E-state index is -3.94. The Morgan fingerprint density at radius 3 is 2.53 bits per heavy atom. The van der Waals surface area contributed by atoms with Gasteiger partial charge in [0.15, 0.2) is 0 Å². The molecule has 0 saturated heterocycles. The number of nitrogens with zero attached hydrogens (tertiary/aromatic N) is 1. The van der Waals surface area contributed by atoms with E-state index in [1.54, 1.807) is 68.9 Å². The third kappa shape index (κ3) is 5.26. The van der Waals surface area contributed by atoms with Crippen molar-refractivity contribution in [3.8, 4) is 5.75 Å². The van der Waals surface area contributed by atoms with Crippen molar-refractivity contribution in [3.63, 3.8) is 0 Å². The summed E-state index contributed by atoms with van der Waals surface area (Å²) in [6, 6.07) is 13.5. The van der Waals surface area contributed by atoms with Crippen LogP contribution in [0.15, 0.2) is 65.8 Å². The maximum atomic E-state index is 13.3. The lowest BCUT2D eigenvalue weighted by Gasteiger charge is -2.18. The Balaban J connectivity index is 1.89. The quantitative estimate of drug-likeness (QED) is 0.531. The van der Waals surface area contributed by atoms with Crippen molar-refractivity contribution in [1.29, 1.82) is 0 Å². The van der Waals surface area contributed by atoms with E-state index >= 15 is 0 Å². The standard InChI is InChI=1S/C24H27N3O4S/c1-16(2)20-13-23(17(3)12-22(20)31-4)32(29,30)27-21-10-6-5-9-19(21)24(28)26-15-18-8-7-11-25-14-18/h5-14,16,27H,15H2,1-4H3,(H,26,28). The molecule has 0 radical (unpaired) electrons. The largest absolute Gasteiger partial charge is 0.496 e. The second-order valence-corrected chi connectivity index (χ2v) is 9.36. The maximum Gasteiger partial charge on any atom is 0.262 e. The third-order valence-electron chi connectivity index (χ3n) is 5.03. The molecule has 1 aromatic heterocycles. The van der Waals surface area contributed by atoms with Crippen molar-refractivity contribution in [3.05, 3.63) is 83.2 Å². The molecule has 32 heavy (non-hydrogen) atoms. The fraction of sp³-hybridized carbons (Fsp3) is 0.250. The number of carbonyl (C=O) groups is 1. The maximum absolute atomic E-state index is 13.3. The molecule has 0 aliphatic rings. The summed E-state index contributed by atoms with van der Waals surface area (Å²) < 4.78 is 34.5. The second kappa shape index (κ2) is 9.82. The topological polar surface area (TPSA) is 97.4 Å². The van der Waals surface area contributed by atoms with Gasteiger partial charge in [0, 0.05) is 18.9 Å². The van der Waals surface area contributed by atoms with Gasteiger partial charge < -0.3 is 10.1 Å². The molecule has 0 fully saturated rings. The van der Waals surface area contributed by atoms with E-state index in [1.165, 1.54) is 0 Å². The van der Waals surface area contributed by atoms with Gasteiger partial charge in [-0.2, -0.15) is 0 Å². The van der Waals surface area contributed by atoms with Crippen LogP contribution in [0.2, 0.25) is 0 Å². The number of ether oxygens (including phenoxy) is 1. The lowest BCUT2D eigenvalue weighted by molar-refractivity contribution is 0.0952. The zero-order valence-corrected chi connectivity index (χ0v) is 19.4. The molecule has 0 saturated carbocycles. The van der Waals surface area contributed by atoms with E-state index in [1.807, 2.05) is 19.9 Å². The van der Waals surface area contributed by atoms with Crippen LogP contribution in [-0.2, 0) is 16.6 Å². The Morgan fingerprint density at radius 1 is 1.12 bits per heavy atom. The molecule has 0 spiro atoms. The summed E-state index contributed by atoms with van der Waals surface area (Å²) in [4.78, 5) is 16.9. The highest BCUT2D eigenvalue weighted by Crippen LogP contribution is 2.32. The van der Waals surface area contributed by atoms with Crippen LogP contribution < -0.4 is 14.8 Å². The normalized spacial score (nSPS) is 11.3. The number of sulfonamides is 1. The summed E-state index contributed by atoms with van der Waals surface area (Å²) in [5.74, 6) is 0.332. The number of methoxy groups -OCH3 is 1. The number of amides is 1. The average molecular weight is 454 g/mol. The van der Waals surface area contributed by atoms with E-state index in [-0.39, 0.29) is 34.5 Å². The van der Waals surface area contributed by atoms with Crippen molar-refractivity contribution in [1.82, 2.24) is 10.3 Å². The SMILES string of the molecule is COc1cc(C)c(S(=O)(=O)Nc2ccccc2C(=O)NCc2cccnc2)cc1C(C)C. The summed E-state index contributed by atoms with van der Waals surface area (Å²) in [6.07, 6.45) is 3.31. The molecule has 3 rings (SSSR count). The number of pyridine rings is 1. The fourth-order valence-corrected chi connectivity index (χ4v) is 4.69. The van der Waals surface area contributed by atoms with Gasteiger partial charge in [-0.3, -0.25) is 14.5 Å². The zero-order chi connectivity index (χ0) is 23.3. The number of hydrogen-bond donors (Lipinski definition) is 2. The molecule has 2 aromatic carbocycles. The Kier molecular flexibility index (Phi) is 7.15. The Bertz CT molecular complexity index is 1210. The number of aromatic nitrogens is 1. The van der Waals surface area contributed by atoms with E-state index in [0.717, 1.165) is 11.1 Å². The van der Waals surface area contributed by atoms with E-state index in [4.69, 9.17) is 4.74 Å². The van der Waals surface area contributed by atoms with Gasteiger partial charge in [0.25, 0.3) is 15.9 Å². The zero-order valence-electron chi connectivity index (χ0n) is 18.5. The van der Waals surface area contributed by atoms with Crippen molar-refractivity contribution in [2.75, 3.05) is 11.8 Å². The number of aryl methyl sites for hydroxylation is 1. The molecule has 168 valence electrons. The van der Waals surface area contributed by atoms with Gasteiger partial charge in [0.2, 0.25) is 0 Å². The van der Waals surface area contributed by atoms with E-state index in [2.05, 4.69) is 15.0 Å². The van der Waals surface area contributed by atoms with Crippen LogP contribution in [0.25, 0.3) is 0 Å². The average Bonchev–Trinajstić information content (AvgIpc) is 2.77. The molecule has 7 nitrogen and oxygen atoms in total. The van der Waals surface area contributed by atoms with Gasteiger partial charge in [0.05, 0.1) is 23.3 Å². The first kappa shape index (κ1) is 23.3. The van der Waals surface area contributed by atoms with Crippen molar-refractivity contribution in [2.24, 2.45) is 0 Å². The fourth-order valence-electron chi connectivity index (χ4n) is 3.34. The molecule has 0 aliphatic heterocycles. The molecule has 0 aliphatic carbocycles. The Morgan fingerprint density at radius 2 is 1.88 bits per heavy atom. The van der Waals surface area contributed by atoms with Crippen LogP contribution in [0.4, 0.5) is 5.69 Å². The van der Waals surface area contributed by atoms with E-state index < -0.39 is 10.0 Å². The molecule has 8 heteroatoms. The molecular formula is C24H27N3O4S. The van der Waals surface area contributed by atoms with Gasteiger partial charge in [-0.1, -0.05) is 32.0 Å². The number of benzene rings is 2. The number of carbonyl (C=O) groups excluding carboxylic acids is 1. The first-order valence-electron chi connectivity index (χ1n) is 10.2. The predicted octanol–water partition coefficient (Wildman–Crippen LogP) is 4.25. The van der Waals surface area contributed by atoms with Crippen LogP contribution >= 0.6 is 0 Å². The number of nitrogens with one attached hydrogen (secondary N) is 2. The Labute approximate surface area is 188 Å². The molecule has 0 atom stereocenters. The predicted molar refractivity (Wildman–Crippen MR) is 124 cm³/mol. The molecular weight excluding hydrogens is 426 g/mol. The third-order valence-corrected chi connectivity index (χ3v) is 6.54. The number of para-hydroxylation sites is 1. The van der Waals surface area contributed by atoms with Gasteiger partial charge in [-0.25, -0.2) is 8.42 Å². The number of hydrogen-bond acceptors (Lipinski definition) is 5. The van der Waals surface area contributed by atoms with E-state index in [0.29, 0.717) is 11.3 Å². The highest BCUT2D eigenvalue weighted by molar-refractivity contribution is 7.92. The van der Waals surface area contributed by atoms with Crippen LogP contribution in [0, 0.1) is 6.92 Å². The lowest BCUT2D eigenvalue weighted by Crippen LogP contribution is -2.25. The first-order chi connectivity index (χ1) is 15.2. The van der Waals surface area contributed by atoms with Gasteiger partial charge in [-0.05, 0) is 59.9 Å². The molecule has 0 unspecified atom stereocenters. The lowest BCUT2D eigenvalue weighted by atomic mass is 10.0. The minimum Gasteiger partial charge on any atom is -0.496 e. The van der Waals surface area contributed by atoms with Gasteiger partial charge in [-0.15, -0.1) is 0 Å². The summed E-state index contributed by atoms with van der Waals surface area (Å²) >= 11 is 0. The van der Waals surface area contributed by atoms with Crippen LogP contribution in [0.5, 0.6) is 5.75 Å². The summed E-state index contributed by atoms with van der Waals surface area (Å²) in [6.45, 7) is 5.94. The number of anilines is 1. The van der Waals surface area contributed by atoms with Gasteiger partial charge in [0.1, 0.15) is 5.75 Å². The number of rotatable bonds is 8. The highest BCUT2D eigenvalue weighted by atomic mass is 32.2. The first-order valence-corrected chi connectivity index (χ1v) is 11.7. The molecule has 2 N–H and O–H groups in total. The molecule has 3 aromatic rings. The molecule has 0 bridgehead atoms. The van der Waals surface area contributed by atoms with Crippen LogP contribution in [0.3, 0.4) is 0 Å². The Hall–Kier alpha value is -3.39. The van der Waals surface area contributed by atoms with Crippen molar-refractivity contribution >= 4 is 21.6 Å². The van der Waals surface area contributed by atoms with Crippen LogP contribution in [-0.4, -0.2) is 26.4 Å². The molecule has 1 amide bonds. The second-order valence-electron chi connectivity index (χ2n) is 7.71. The monoisotopic (exact) mass is 453 g/mol. The van der Waals surface area contributed by atoms with Crippen molar-refractivity contribution in [2.45, 2.75) is 38.1 Å². The minimum absolute atomic E-state index is 0.0741. The van der Waals surface area contributed by atoms with Crippen molar-refractivity contribution < 1.29 is 17.9 Å². The summed E-state index contributed by atoms with van der Waals surface area (Å²) in [5, 5.41) is 2.80. The smallest absolute Gasteiger partial charge is 0.262 e. The molecule has 1 heterocycles. The summed E-state index contributed by atoms with van der Waals surface area (Å²) in [5.41, 5.74) is 2.62.